The Morgan fingerprint density at radius 1 is 1.50 bits per heavy atom. The van der Waals surface area contributed by atoms with Gasteiger partial charge in [-0.2, -0.15) is 0 Å². The first-order valence-corrected chi connectivity index (χ1v) is 5.65. The van der Waals surface area contributed by atoms with E-state index in [0.717, 1.165) is 17.1 Å². The van der Waals surface area contributed by atoms with Crippen LogP contribution in [0.1, 0.15) is 30.0 Å². The highest BCUT2D eigenvalue weighted by Gasteiger charge is 2.14. The molecule has 0 amide bonds. The maximum atomic E-state index is 11.3. The van der Waals surface area contributed by atoms with Crippen molar-refractivity contribution in [1.29, 1.82) is 0 Å². The predicted molar refractivity (Wildman–Crippen MR) is 69.5 cm³/mol. The van der Waals surface area contributed by atoms with E-state index < -0.39 is 0 Å². The second kappa shape index (κ2) is 4.56. The maximum absolute atomic E-state index is 11.3. The fourth-order valence-corrected chi connectivity index (χ4v) is 1.89. The number of hydrogen-bond donors (Lipinski definition) is 3. The molecule has 0 aliphatic heterocycles. The van der Waals surface area contributed by atoms with E-state index in [-0.39, 0.29) is 17.3 Å². The molecule has 96 valence electrons. The van der Waals surface area contributed by atoms with Gasteiger partial charge in [-0.05, 0) is 26.8 Å². The summed E-state index contributed by atoms with van der Waals surface area (Å²) in [4.78, 5) is 17.8. The van der Waals surface area contributed by atoms with Crippen molar-refractivity contribution < 1.29 is 4.42 Å². The quantitative estimate of drug-likeness (QED) is 0.768. The van der Waals surface area contributed by atoms with Crippen LogP contribution in [0.3, 0.4) is 0 Å². The first-order valence-electron chi connectivity index (χ1n) is 5.65. The molecule has 0 aromatic carbocycles. The molecule has 6 heteroatoms. The highest BCUT2D eigenvalue weighted by molar-refractivity contribution is 5.59. The summed E-state index contributed by atoms with van der Waals surface area (Å²) in [6.07, 6.45) is 1.32. The van der Waals surface area contributed by atoms with Crippen LogP contribution in [0.25, 0.3) is 0 Å². The Hall–Kier alpha value is -2.24. The smallest absolute Gasteiger partial charge is 0.276 e. The van der Waals surface area contributed by atoms with Crippen LogP contribution in [-0.4, -0.2) is 9.97 Å². The first kappa shape index (κ1) is 12.2. The molecule has 0 aliphatic carbocycles. The molecule has 1 atom stereocenters. The number of aromatic amines is 1. The Morgan fingerprint density at radius 2 is 2.22 bits per heavy atom. The highest BCUT2D eigenvalue weighted by atomic mass is 16.3. The Morgan fingerprint density at radius 3 is 2.83 bits per heavy atom. The first-order chi connectivity index (χ1) is 8.49. The summed E-state index contributed by atoms with van der Waals surface area (Å²) in [6.45, 7) is 5.75. The zero-order chi connectivity index (χ0) is 13.3. The van der Waals surface area contributed by atoms with Crippen LogP contribution in [0.15, 0.2) is 21.6 Å². The van der Waals surface area contributed by atoms with Crippen molar-refractivity contribution in [2.24, 2.45) is 0 Å². The molecule has 0 radical (unpaired) electrons. The molecule has 0 bridgehead atoms. The molecule has 0 spiro atoms. The Kier molecular flexibility index (Phi) is 3.10. The lowest BCUT2D eigenvalue weighted by Gasteiger charge is -2.14. The van der Waals surface area contributed by atoms with E-state index in [4.69, 9.17) is 10.2 Å². The van der Waals surface area contributed by atoms with Crippen molar-refractivity contribution in [2.45, 2.75) is 26.8 Å². The van der Waals surface area contributed by atoms with Gasteiger partial charge in [0.15, 0.2) is 5.82 Å². The van der Waals surface area contributed by atoms with Crippen LogP contribution in [0.4, 0.5) is 11.5 Å². The van der Waals surface area contributed by atoms with Gasteiger partial charge in [0.25, 0.3) is 5.56 Å². The minimum absolute atomic E-state index is 0.0425. The average molecular weight is 248 g/mol. The minimum atomic E-state index is -0.347. The number of H-pyrrole nitrogens is 1. The van der Waals surface area contributed by atoms with Gasteiger partial charge in [-0.15, -0.1) is 0 Å². The van der Waals surface area contributed by atoms with Gasteiger partial charge in [0.2, 0.25) is 0 Å². The Bertz CT molecular complexity index is 615. The van der Waals surface area contributed by atoms with Crippen LogP contribution in [-0.2, 0) is 0 Å². The number of furan rings is 1. The molecule has 2 aromatic rings. The average Bonchev–Trinajstić information content (AvgIpc) is 2.64. The van der Waals surface area contributed by atoms with Gasteiger partial charge in [0.1, 0.15) is 17.2 Å². The maximum Gasteiger partial charge on any atom is 0.276 e. The molecule has 0 saturated carbocycles. The molecule has 0 fully saturated rings. The molecular weight excluding hydrogens is 232 g/mol. The number of nitrogens with two attached hydrogens (primary N) is 1. The minimum Gasteiger partial charge on any atom is -0.466 e. The molecule has 6 nitrogen and oxygen atoms in total. The molecular formula is C12H16N4O2. The zero-order valence-electron chi connectivity index (χ0n) is 10.6. The van der Waals surface area contributed by atoms with Gasteiger partial charge in [-0.1, -0.05) is 0 Å². The Labute approximate surface area is 104 Å². The van der Waals surface area contributed by atoms with E-state index in [1.165, 1.54) is 6.33 Å². The number of anilines is 2. The third kappa shape index (κ3) is 2.22. The lowest BCUT2D eigenvalue weighted by atomic mass is 10.1. The van der Waals surface area contributed by atoms with Gasteiger partial charge in [0.05, 0.1) is 12.4 Å². The fraction of sp³-hybridized carbons (Fsp3) is 0.333. The number of nitrogen functional groups attached to an aromatic ring is 1. The molecule has 2 rings (SSSR count). The van der Waals surface area contributed by atoms with Crippen molar-refractivity contribution in [3.63, 3.8) is 0 Å². The number of nitrogens with one attached hydrogen (secondary N) is 2. The normalized spacial score (nSPS) is 12.4. The summed E-state index contributed by atoms with van der Waals surface area (Å²) in [5, 5.41) is 3.11. The molecule has 2 aromatic heterocycles. The summed E-state index contributed by atoms with van der Waals surface area (Å²) in [7, 11) is 0. The third-order valence-electron chi connectivity index (χ3n) is 2.79. The van der Waals surface area contributed by atoms with Crippen molar-refractivity contribution in [1.82, 2.24) is 9.97 Å². The summed E-state index contributed by atoms with van der Waals surface area (Å²) < 4.78 is 5.47. The molecule has 2 heterocycles. The van der Waals surface area contributed by atoms with Crippen LogP contribution in [0.2, 0.25) is 0 Å². The molecule has 4 N–H and O–H groups in total. The Balaban J connectivity index is 2.26. The lowest BCUT2D eigenvalue weighted by Crippen LogP contribution is -2.17. The number of rotatable bonds is 3. The largest absolute Gasteiger partial charge is 0.466 e. The molecule has 1 unspecified atom stereocenters. The number of aromatic nitrogens is 2. The summed E-state index contributed by atoms with van der Waals surface area (Å²) in [5.41, 5.74) is 6.42. The van der Waals surface area contributed by atoms with Gasteiger partial charge in [0, 0.05) is 5.56 Å². The van der Waals surface area contributed by atoms with Gasteiger partial charge >= 0.3 is 0 Å². The standard InChI is InChI=1S/C12H16N4O2/c1-6-4-9(8(3)18-6)7(2)16-11-10(13)12(17)15-5-14-11/h4-5,7H,13H2,1-3H3,(H2,14,15,16,17). The van der Waals surface area contributed by atoms with E-state index >= 15 is 0 Å². The highest BCUT2D eigenvalue weighted by Crippen LogP contribution is 2.24. The second-order valence-corrected chi connectivity index (χ2v) is 4.23. The van der Waals surface area contributed by atoms with Crippen LogP contribution >= 0.6 is 0 Å². The zero-order valence-corrected chi connectivity index (χ0v) is 10.6. The molecule has 0 aliphatic rings. The lowest BCUT2D eigenvalue weighted by molar-refractivity contribution is 0.500. The molecule has 0 saturated heterocycles. The van der Waals surface area contributed by atoms with Crippen molar-refractivity contribution in [3.05, 3.63) is 39.8 Å². The van der Waals surface area contributed by atoms with Crippen molar-refractivity contribution in [2.75, 3.05) is 11.1 Å². The van der Waals surface area contributed by atoms with E-state index in [9.17, 15) is 4.79 Å². The fourth-order valence-electron chi connectivity index (χ4n) is 1.89. The SMILES string of the molecule is Cc1cc(C(C)Nc2nc[nH]c(=O)c2N)c(C)o1. The van der Waals surface area contributed by atoms with Crippen molar-refractivity contribution >= 4 is 11.5 Å². The van der Waals surface area contributed by atoms with Gasteiger partial charge < -0.3 is 20.5 Å². The van der Waals surface area contributed by atoms with Crippen molar-refractivity contribution in [3.8, 4) is 0 Å². The monoisotopic (exact) mass is 248 g/mol. The topological polar surface area (TPSA) is 96.9 Å². The number of nitrogens with zero attached hydrogens (tertiary/aromatic N) is 1. The molecule has 18 heavy (non-hydrogen) atoms. The van der Waals surface area contributed by atoms with Crippen LogP contribution in [0.5, 0.6) is 0 Å². The number of aryl methyl sites for hydroxylation is 2. The van der Waals surface area contributed by atoms with E-state index in [1.807, 2.05) is 26.8 Å². The van der Waals surface area contributed by atoms with Crippen LogP contribution in [0, 0.1) is 13.8 Å². The van der Waals surface area contributed by atoms with Gasteiger partial charge in [-0.25, -0.2) is 4.98 Å². The van der Waals surface area contributed by atoms with E-state index in [0.29, 0.717) is 5.82 Å². The predicted octanol–water partition coefficient (Wildman–Crippen LogP) is 1.74. The summed E-state index contributed by atoms with van der Waals surface area (Å²) in [6, 6.07) is 1.91. The van der Waals surface area contributed by atoms with Gasteiger partial charge in [-0.3, -0.25) is 4.79 Å². The summed E-state index contributed by atoms with van der Waals surface area (Å²) in [5.74, 6) is 2.07. The summed E-state index contributed by atoms with van der Waals surface area (Å²) >= 11 is 0. The second-order valence-electron chi connectivity index (χ2n) is 4.23. The number of hydrogen-bond acceptors (Lipinski definition) is 5. The third-order valence-corrected chi connectivity index (χ3v) is 2.79. The van der Waals surface area contributed by atoms with Crippen LogP contribution < -0.4 is 16.6 Å². The van der Waals surface area contributed by atoms with E-state index in [2.05, 4.69) is 15.3 Å². The van der Waals surface area contributed by atoms with E-state index in [1.54, 1.807) is 0 Å².